The zero-order valence-electron chi connectivity index (χ0n) is 16.8. The van der Waals surface area contributed by atoms with Crippen molar-refractivity contribution < 1.29 is 4.79 Å². The number of nitrogens with zero attached hydrogens (tertiary/aromatic N) is 3. The molecule has 144 valence electrons. The molecule has 1 aliphatic carbocycles. The molecule has 0 aromatic rings. The van der Waals surface area contributed by atoms with Crippen LogP contribution >= 0.6 is 0 Å². The minimum atomic E-state index is 0.138. The zero-order valence-corrected chi connectivity index (χ0v) is 16.8. The van der Waals surface area contributed by atoms with Crippen molar-refractivity contribution in [3.05, 3.63) is 0 Å². The molecule has 1 amide bonds. The van der Waals surface area contributed by atoms with Crippen LogP contribution in [0, 0.1) is 17.8 Å². The smallest absolute Gasteiger partial charge is 0.225 e. The van der Waals surface area contributed by atoms with E-state index in [-0.39, 0.29) is 5.92 Å². The SMILES string of the molecule is CC1CCC(N2CCC(CN3CCN(C(=O)C(C)C)CC3)CC2)CC1. The predicted octanol–water partition coefficient (Wildman–Crippen LogP) is 3.08. The highest BCUT2D eigenvalue weighted by Crippen LogP contribution is 2.30. The normalized spacial score (nSPS) is 30.8. The van der Waals surface area contributed by atoms with Gasteiger partial charge in [0.05, 0.1) is 0 Å². The summed E-state index contributed by atoms with van der Waals surface area (Å²) in [7, 11) is 0. The molecule has 0 unspecified atom stereocenters. The number of piperidine rings is 1. The Hall–Kier alpha value is -0.610. The molecule has 2 heterocycles. The number of hydrogen-bond acceptors (Lipinski definition) is 3. The van der Waals surface area contributed by atoms with Crippen LogP contribution in [0.5, 0.6) is 0 Å². The zero-order chi connectivity index (χ0) is 17.8. The first-order chi connectivity index (χ1) is 12.0. The molecular formula is C21H39N3O. The van der Waals surface area contributed by atoms with Crippen LogP contribution in [-0.2, 0) is 4.79 Å². The van der Waals surface area contributed by atoms with E-state index in [2.05, 4.69) is 21.6 Å². The first-order valence-electron chi connectivity index (χ1n) is 10.8. The standard InChI is InChI=1S/C21H39N3O/c1-17(2)21(25)24-14-12-22(13-15-24)16-19-8-10-23(11-9-19)20-6-4-18(3)5-7-20/h17-20H,4-16H2,1-3H3. The Morgan fingerprint density at radius 1 is 0.880 bits per heavy atom. The molecular weight excluding hydrogens is 310 g/mol. The van der Waals surface area contributed by atoms with Gasteiger partial charge in [0.25, 0.3) is 0 Å². The Labute approximate surface area is 154 Å². The van der Waals surface area contributed by atoms with Gasteiger partial charge in [-0.05, 0) is 63.5 Å². The molecule has 0 N–H and O–H groups in total. The van der Waals surface area contributed by atoms with E-state index in [1.54, 1.807) is 0 Å². The maximum atomic E-state index is 12.1. The largest absolute Gasteiger partial charge is 0.340 e. The second-order valence-corrected chi connectivity index (χ2v) is 9.17. The van der Waals surface area contributed by atoms with Gasteiger partial charge in [-0.25, -0.2) is 0 Å². The Balaban J connectivity index is 1.35. The summed E-state index contributed by atoms with van der Waals surface area (Å²) < 4.78 is 0. The van der Waals surface area contributed by atoms with Crippen molar-refractivity contribution in [1.29, 1.82) is 0 Å². The maximum absolute atomic E-state index is 12.1. The van der Waals surface area contributed by atoms with E-state index in [1.807, 2.05) is 13.8 Å². The third-order valence-corrected chi connectivity index (χ3v) is 6.85. The monoisotopic (exact) mass is 349 g/mol. The summed E-state index contributed by atoms with van der Waals surface area (Å²) in [5.74, 6) is 2.29. The molecule has 3 aliphatic rings. The van der Waals surface area contributed by atoms with Crippen LogP contribution in [0.2, 0.25) is 0 Å². The summed E-state index contributed by atoms with van der Waals surface area (Å²) in [6.45, 7) is 14.3. The van der Waals surface area contributed by atoms with Gasteiger partial charge in [0, 0.05) is 44.7 Å². The van der Waals surface area contributed by atoms with E-state index in [0.717, 1.165) is 44.1 Å². The minimum absolute atomic E-state index is 0.138. The number of rotatable bonds is 4. The van der Waals surface area contributed by atoms with E-state index in [9.17, 15) is 4.79 Å². The molecule has 3 rings (SSSR count). The highest BCUT2D eigenvalue weighted by Gasteiger charge is 2.29. The fraction of sp³-hybridized carbons (Fsp3) is 0.952. The van der Waals surface area contributed by atoms with Crippen LogP contribution in [0.15, 0.2) is 0 Å². The molecule has 0 spiro atoms. The number of carbonyl (C=O) groups is 1. The van der Waals surface area contributed by atoms with Gasteiger partial charge < -0.3 is 9.80 Å². The van der Waals surface area contributed by atoms with Gasteiger partial charge in [-0.2, -0.15) is 0 Å². The summed E-state index contributed by atoms with van der Waals surface area (Å²) in [6, 6.07) is 0.878. The molecule has 4 heteroatoms. The fourth-order valence-electron chi connectivity index (χ4n) is 4.99. The van der Waals surface area contributed by atoms with Crippen molar-refractivity contribution in [3.8, 4) is 0 Å². The minimum Gasteiger partial charge on any atom is -0.340 e. The van der Waals surface area contributed by atoms with Crippen LogP contribution in [0.4, 0.5) is 0 Å². The number of piperazine rings is 1. The Morgan fingerprint density at radius 2 is 1.48 bits per heavy atom. The summed E-state index contributed by atoms with van der Waals surface area (Å²) >= 11 is 0. The number of amides is 1. The maximum Gasteiger partial charge on any atom is 0.225 e. The lowest BCUT2D eigenvalue weighted by Crippen LogP contribution is -2.51. The van der Waals surface area contributed by atoms with Gasteiger partial charge >= 0.3 is 0 Å². The second-order valence-electron chi connectivity index (χ2n) is 9.17. The lowest BCUT2D eigenvalue weighted by atomic mass is 9.85. The first kappa shape index (κ1) is 19.2. The third-order valence-electron chi connectivity index (χ3n) is 6.85. The van der Waals surface area contributed by atoms with Crippen molar-refractivity contribution in [1.82, 2.24) is 14.7 Å². The molecule has 0 bridgehead atoms. The van der Waals surface area contributed by atoms with E-state index in [0.29, 0.717) is 5.91 Å². The third kappa shape index (κ3) is 5.19. The highest BCUT2D eigenvalue weighted by atomic mass is 16.2. The number of carbonyl (C=O) groups excluding carboxylic acids is 1. The molecule has 0 aromatic carbocycles. The summed E-state index contributed by atoms with van der Waals surface area (Å²) in [5, 5.41) is 0. The summed E-state index contributed by atoms with van der Waals surface area (Å²) in [5.41, 5.74) is 0. The predicted molar refractivity (Wildman–Crippen MR) is 104 cm³/mol. The molecule has 1 saturated carbocycles. The van der Waals surface area contributed by atoms with Gasteiger partial charge in [-0.1, -0.05) is 20.8 Å². The fourth-order valence-corrected chi connectivity index (χ4v) is 4.99. The van der Waals surface area contributed by atoms with Crippen LogP contribution in [0.25, 0.3) is 0 Å². The van der Waals surface area contributed by atoms with E-state index in [4.69, 9.17) is 0 Å². The summed E-state index contributed by atoms with van der Waals surface area (Å²) in [6.07, 6.45) is 8.47. The van der Waals surface area contributed by atoms with Crippen molar-refractivity contribution in [3.63, 3.8) is 0 Å². The van der Waals surface area contributed by atoms with E-state index in [1.165, 1.54) is 58.2 Å². The van der Waals surface area contributed by atoms with Crippen molar-refractivity contribution in [2.24, 2.45) is 17.8 Å². The van der Waals surface area contributed by atoms with E-state index >= 15 is 0 Å². The van der Waals surface area contributed by atoms with Crippen molar-refractivity contribution >= 4 is 5.91 Å². The van der Waals surface area contributed by atoms with Crippen molar-refractivity contribution in [2.45, 2.75) is 65.3 Å². The number of likely N-dealkylation sites (tertiary alicyclic amines) is 1. The topological polar surface area (TPSA) is 26.8 Å². The lowest BCUT2D eigenvalue weighted by Gasteiger charge is -2.42. The first-order valence-corrected chi connectivity index (χ1v) is 10.8. The molecule has 2 saturated heterocycles. The molecule has 25 heavy (non-hydrogen) atoms. The van der Waals surface area contributed by atoms with Gasteiger partial charge in [0.15, 0.2) is 0 Å². The van der Waals surface area contributed by atoms with Crippen molar-refractivity contribution in [2.75, 3.05) is 45.8 Å². The lowest BCUT2D eigenvalue weighted by molar-refractivity contribution is -0.136. The summed E-state index contributed by atoms with van der Waals surface area (Å²) in [4.78, 5) is 19.6. The van der Waals surface area contributed by atoms with Crippen LogP contribution in [0.3, 0.4) is 0 Å². The van der Waals surface area contributed by atoms with Gasteiger partial charge in [0.2, 0.25) is 5.91 Å². The average Bonchev–Trinajstić information content (AvgIpc) is 2.63. The van der Waals surface area contributed by atoms with Gasteiger partial charge in [0.1, 0.15) is 0 Å². The molecule has 4 nitrogen and oxygen atoms in total. The van der Waals surface area contributed by atoms with Gasteiger partial charge in [-0.3, -0.25) is 9.69 Å². The van der Waals surface area contributed by atoms with Crippen LogP contribution < -0.4 is 0 Å². The highest BCUT2D eigenvalue weighted by molar-refractivity contribution is 5.78. The average molecular weight is 350 g/mol. The quantitative estimate of drug-likeness (QED) is 0.780. The van der Waals surface area contributed by atoms with E-state index < -0.39 is 0 Å². The Kier molecular flexibility index (Phi) is 6.79. The molecule has 2 aliphatic heterocycles. The molecule has 3 fully saturated rings. The van der Waals surface area contributed by atoms with Crippen LogP contribution in [-0.4, -0.2) is 72.5 Å². The second kappa shape index (κ2) is 8.85. The Bertz CT molecular complexity index is 415. The molecule has 0 aromatic heterocycles. The molecule has 0 atom stereocenters. The van der Waals surface area contributed by atoms with Gasteiger partial charge in [-0.15, -0.1) is 0 Å². The molecule has 0 radical (unpaired) electrons. The Morgan fingerprint density at radius 3 is 2.04 bits per heavy atom. The number of hydrogen-bond donors (Lipinski definition) is 0. The van der Waals surface area contributed by atoms with Crippen LogP contribution in [0.1, 0.15) is 59.3 Å².